The van der Waals surface area contributed by atoms with E-state index in [9.17, 15) is 14.4 Å². The molecule has 0 heterocycles. The van der Waals surface area contributed by atoms with E-state index in [1.54, 1.807) is 0 Å². The minimum atomic E-state index is -0.795. The third-order valence-corrected chi connectivity index (χ3v) is 14.1. The van der Waals surface area contributed by atoms with E-state index in [2.05, 4.69) is 106 Å². The average Bonchev–Trinajstić information content (AvgIpc) is 3.42. The van der Waals surface area contributed by atoms with Gasteiger partial charge in [-0.15, -0.1) is 0 Å². The average molecular weight is 1060 g/mol. The molecule has 0 aromatic heterocycles. The van der Waals surface area contributed by atoms with E-state index in [-0.39, 0.29) is 31.1 Å². The fourth-order valence-electron chi connectivity index (χ4n) is 9.27. The Kier molecular flexibility index (Phi) is 61.2. The molecule has 438 valence electrons. The maximum absolute atomic E-state index is 12.9. The number of hydrogen-bond donors (Lipinski definition) is 0. The summed E-state index contributed by atoms with van der Waals surface area (Å²) < 4.78 is 16.9. The Labute approximate surface area is 471 Å². The molecule has 0 rings (SSSR count). The van der Waals surface area contributed by atoms with Gasteiger partial charge in [0.15, 0.2) is 6.10 Å². The van der Waals surface area contributed by atoms with E-state index in [1.807, 2.05) is 0 Å². The van der Waals surface area contributed by atoms with Crippen molar-refractivity contribution in [3.8, 4) is 0 Å². The predicted octanol–water partition coefficient (Wildman–Crippen LogP) is 22.3. The van der Waals surface area contributed by atoms with Gasteiger partial charge in [0, 0.05) is 19.3 Å². The van der Waals surface area contributed by atoms with Crippen LogP contribution in [0, 0.1) is 0 Å². The van der Waals surface area contributed by atoms with Gasteiger partial charge in [0.05, 0.1) is 0 Å². The van der Waals surface area contributed by atoms with Crippen molar-refractivity contribution in [2.45, 2.75) is 329 Å². The molecule has 76 heavy (non-hydrogen) atoms. The third-order valence-electron chi connectivity index (χ3n) is 14.1. The normalized spacial score (nSPS) is 12.6. The zero-order valence-corrected chi connectivity index (χ0v) is 50.3. The van der Waals surface area contributed by atoms with Gasteiger partial charge < -0.3 is 14.2 Å². The SMILES string of the molecule is CC/C=C\C/C=C\C/C=C\C/C=C\CCCCCCC(=O)OCC(COC(=O)CCCCCCCCCCCCCCCCCCCCCCCC)OC(=O)CCCCCCCC/C=C\C/C=C\C/C=C\CCCCC. The van der Waals surface area contributed by atoms with Gasteiger partial charge >= 0.3 is 17.9 Å². The molecule has 1 atom stereocenters. The van der Waals surface area contributed by atoms with Crippen molar-refractivity contribution in [2.24, 2.45) is 0 Å². The van der Waals surface area contributed by atoms with E-state index in [0.29, 0.717) is 19.3 Å². The van der Waals surface area contributed by atoms with E-state index in [0.717, 1.165) is 122 Å². The Morgan fingerprint density at radius 3 is 0.829 bits per heavy atom. The molecule has 0 aliphatic heterocycles. The lowest BCUT2D eigenvalue weighted by Gasteiger charge is -2.18. The summed E-state index contributed by atoms with van der Waals surface area (Å²) in [5.74, 6) is -0.910. The molecule has 0 saturated heterocycles. The highest BCUT2D eigenvalue weighted by molar-refractivity contribution is 5.71. The van der Waals surface area contributed by atoms with Gasteiger partial charge in [-0.25, -0.2) is 0 Å². The first kappa shape index (κ1) is 72.6. The molecule has 0 spiro atoms. The van der Waals surface area contributed by atoms with Crippen molar-refractivity contribution in [3.63, 3.8) is 0 Å². The standard InChI is InChI=1S/C70H122O6/c1-4-7-10-13-16-19-22-25-28-31-33-34-35-37-39-42-45-48-51-54-57-60-63-69(72)75-66-67(65-74-68(71)62-59-56-53-50-47-44-41-38-30-27-24-21-18-15-12-9-6-3)76-70(73)64-61-58-55-52-49-46-43-40-36-32-29-26-23-20-17-14-11-8-5-2/h9,12,17-18,20-21,26-27,29-30,36,40-41,44,67H,4-8,10-11,13-16,19,22-25,28,31-35,37-39,42-43,45-66H2,1-3H3/b12-9-,20-17-,21-18-,29-26-,30-27-,40-36-,44-41-. The van der Waals surface area contributed by atoms with Crippen LogP contribution in [0.15, 0.2) is 85.1 Å². The molecular weight excluding hydrogens is 937 g/mol. The summed E-state index contributed by atoms with van der Waals surface area (Å²) in [6.45, 7) is 6.51. The van der Waals surface area contributed by atoms with Gasteiger partial charge in [-0.2, -0.15) is 0 Å². The molecule has 0 N–H and O–H groups in total. The molecule has 0 aromatic carbocycles. The molecule has 6 nitrogen and oxygen atoms in total. The first-order valence-corrected chi connectivity index (χ1v) is 32.6. The zero-order valence-electron chi connectivity index (χ0n) is 50.3. The molecule has 0 aliphatic rings. The highest BCUT2D eigenvalue weighted by atomic mass is 16.6. The maximum Gasteiger partial charge on any atom is 0.306 e. The van der Waals surface area contributed by atoms with Crippen LogP contribution in [0.4, 0.5) is 0 Å². The first-order chi connectivity index (χ1) is 37.5. The molecule has 0 radical (unpaired) electrons. The fourth-order valence-corrected chi connectivity index (χ4v) is 9.27. The van der Waals surface area contributed by atoms with Crippen LogP contribution in [0.1, 0.15) is 323 Å². The molecule has 0 fully saturated rings. The van der Waals surface area contributed by atoms with Gasteiger partial charge in [-0.05, 0) is 96.3 Å². The summed E-state index contributed by atoms with van der Waals surface area (Å²) >= 11 is 0. The second kappa shape index (κ2) is 64.1. The Morgan fingerprint density at radius 1 is 0.276 bits per heavy atom. The summed E-state index contributed by atoms with van der Waals surface area (Å²) in [5.41, 5.74) is 0. The third kappa shape index (κ3) is 61.4. The molecule has 1 unspecified atom stereocenters. The minimum absolute atomic E-state index is 0.0876. The van der Waals surface area contributed by atoms with Crippen LogP contribution in [0.5, 0.6) is 0 Å². The van der Waals surface area contributed by atoms with E-state index < -0.39 is 6.10 Å². The number of carbonyl (C=O) groups is 3. The predicted molar refractivity (Wildman–Crippen MR) is 330 cm³/mol. The van der Waals surface area contributed by atoms with Crippen molar-refractivity contribution in [1.82, 2.24) is 0 Å². The van der Waals surface area contributed by atoms with Crippen LogP contribution in [-0.2, 0) is 28.6 Å². The number of unbranched alkanes of at least 4 members (excludes halogenated alkanes) is 34. The summed E-state index contributed by atoms with van der Waals surface area (Å²) in [4.78, 5) is 38.4. The van der Waals surface area contributed by atoms with Gasteiger partial charge in [0.2, 0.25) is 0 Å². The van der Waals surface area contributed by atoms with E-state index in [4.69, 9.17) is 14.2 Å². The van der Waals surface area contributed by atoms with Crippen LogP contribution >= 0.6 is 0 Å². The Balaban J connectivity index is 4.39. The van der Waals surface area contributed by atoms with E-state index in [1.165, 1.54) is 161 Å². The molecule has 0 amide bonds. The van der Waals surface area contributed by atoms with Crippen molar-refractivity contribution in [3.05, 3.63) is 85.1 Å². The lowest BCUT2D eigenvalue weighted by Crippen LogP contribution is -2.30. The van der Waals surface area contributed by atoms with Crippen molar-refractivity contribution in [1.29, 1.82) is 0 Å². The number of ether oxygens (including phenoxy) is 3. The molecular formula is C70H122O6. The minimum Gasteiger partial charge on any atom is -0.462 e. The maximum atomic E-state index is 12.9. The van der Waals surface area contributed by atoms with Gasteiger partial charge in [-0.3, -0.25) is 14.4 Å². The summed E-state index contributed by atoms with van der Waals surface area (Å²) in [7, 11) is 0. The molecule has 6 heteroatoms. The molecule has 0 aromatic rings. The number of hydrogen-bond acceptors (Lipinski definition) is 6. The highest BCUT2D eigenvalue weighted by Gasteiger charge is 2.19. The smallest absolute Gasteiger partial charge is 0.306 e. The second-order valence-corrected chi connectivity index (χ2v) is 21.6. The van der Waals surface area contributed by atoms with E-state index >= 15 is 0 Å². The number of carbonyl (C=O) groups excluding carboxylic acids is 3. The van der Waals surface area contributed by atoms with Crippen molar-refractivity contribution >= 4 is 17.9 Å². The first-order valence-electron chi connectivity index (χ1n) is 32.6. The fraction of sp³-hybridized carbons (Fsp3) is 0.757. The van der Waals surface area contributed by atoms with Gasteiger partial charge in [0.25, 0.3) is 0 Å². The zero-order chi connectivity index (χ0) is 55.0. The summed E-state index contributed by atoms with van der Waals surface area (Å²) in [5, 5.41) is 0. The van der Waals surface area contributed by atoms with Gasteiger partial charge in [-0.1, -0.05) is 292 Å². The topological polar surface area (TPSA) is 78.9 Å². The highest BCUT2D eigenvalue weighted by Crippen LogP contribution is 2.17. The van der Waals surface area contributed by atoms with Crippen LogP contribution in [0.2, 0.25) is 0 Å². The lowest BCUT2D eigenvalue weighted by molar-refractivity contribution is -0.167. The number of esters is 3. The number of rotatable bonds is 59. The second-order valence-electron chi connectivity index (χ2n) is 21.6. The molecule has 0 bridgehead atoms. The lowest BCUT2D eigenvalue weighted by atomic mass is 10.0. The molecule has 0 saturated carbocycles. The Morgan fingerprint density at radius 2 is 0.513 bits per heavy atom. The van der Waals surface area contributed by atoms with Crippen LogP contribution in [0.25, 0.3) is 0 Å². The Bertz CT molecular complexity index is 1450. The monoisotopic (exact) mass is 1060 g/mol. The van der Waals surface area contributed by atoms with Crippen LogP contribution in [-0.4, -0.2) is 37.2 Å². The van der Waals surface area contributed by atoms with Gasteiger partial charge in [0.1, 0.15) is 13.2 Å². The van der Waals surface area contributed by atoms with Crippen LogP contribution in [0.3, 0.4) is 0 Å². The Hall–Kier alpha value is -3.41. The summed E-state index contributed by atoms with van der Waals surface area (Å²) in [6.07, 6.45) is 84.4. The summed E-state index contributed by atoms with van der Waals surface area (Å²) in [6, 6.07) is 0. The van der Waals surface area contributed by atoms with Crippen molar-refractivity contribution < 1.29 is 28.6 Å². The number of allylic oxidation sites excluding steroid dienone is 14. The molecule has 0 aliphatic carbocycles. The van der Waals surface area contributed by atoms with Crippen molar-refractivity contribution in [2.75, 3.05) is 13.2 Å². The largest absolute Gasteiger partial charge is 0.462 e. The quantitative estimate of drug-likeness (QED) is 0.0261. The van der Waals surface area contributed by atoms with Crippen LogP contribution < -0.4 is 0 Å².